The van der Waals surface area contributed by atoms with Gasteiger partial charge in [-0.2, -0.15) is 9.03 Å². The maximum Gasteiger partial charge on any atom is 0.421 e. The zero-order chi connectivity index (χ0) is 11.0. The van der Waals surface area contributed by atoms with E-state index in [1.165, 1.54) is 0 Å². The third kappa shape index (κ3) is 2.71. The van der Waals surface area contributed by atoms with Gasteiger partial charge in [-0.25, -0.2) is 0 Å². The van der Waals surface area contributed by atoms with Crippen LogP contribution in [0.3, 0.4) is 0 Å². The van der Waals surface area contributed by atoms with Crippen molar-refractivity contribution >= 4 is 22.9 Å². The molecule has 1 aliphatic rings. The second kappa shape index (κ2) is 3.77. The van der Waals surface area contributed by atoms with E-state index >= 15 is 0 Å². The average Bonchev–Trinajstić information content (AvgIpc) is 1.98. The Labute approximate surface area is 80.1 Å². The fourth-order valence-corrected chi connectivity index (χ4v) is 9.17. The third-order valence-electron chi connectivity index (χ3n) is 1.78. The summed E-state index contributed by atoms with van der Waals surface area (Å²) in [6.45, 7) is 3.13. The zero-order valence-electron chi connectivity index (χ0n) is 7.61. The lowest BCUT2D eigenvalue weighted by molar-refractivity contribution is 0.700. The molecule has 84 valence electrons. The molecule has 0 spiro atoms. The topological polar surface area (TPSA) is 37.1 Å². The van der Waals surface area contributed by atoms with Gasteiger partial charge in [0.25, 0.3) is 0 Å². The summed E-state index contributed by atoms with van der Waals surface area (Å²) in [6.07, 6.45) is 0.342. The van der Waals surface area contributed by atoms with Crippen molar-refractivity contribution in [1.82, 2.24) is 0 Å². The highest BCUT2D eigenvalue weighted by Gasteiger charge is 2.36. The first-order chi connectivity index (χ1) is 6.24. The van der Waals surface area contributed by atoms with Crippen molar-refractivity contribution in [3.63, 3.8) is 0 Å². The highest BCUT2D eigenvalue weighted by molar-refractivity contribution is 7.81. The normalized spacial score (nSPS) is 27.0. The molecular weight excluding hydrogens is 259 g/mol. The standard InChI is InChI=1S/C4H10F4N3P3/c1-3-12(4-2)9-13(5,6)11-14(7,8)10-12/h3-4H2,1-2H3. The van der Waals surface area contributed by atoms with Crippen LogP contribution in [0.1, 0.15) is 13.8 Å². The summed E-state index contributed by atoms with van der Waals surface area (Å²) < 4.78 is 60.0. The monoisotopic (exact) mass is 269 g/mol. The number of hydrogen-bond donors (Lipinski definition) is 0. The van der Waals surface area contributed by atoms with Crippen LogP contribution < -0.4 is 0 Å². The van der Waals surface area contributed by atoms with Crippen LogP contribution in [-0.4, -0.2) is 12.3 Å². The first-order valence-corrected chi connectivity index (χ1v) is 8.94. The van der Waals surface area contributed by atoms with E-state index in [1.807, 2.05) is 0 Å². The van der Waals surface area contributed by atoms with Crippen molar-refractivity contribution in [1.29, 1.82) is 0 Å². The molecule has 0 atom stereocenters. The molecule has 0 N–H and O–H groups in total. The van der Waals surface area contributed by atoms with Gasteiger partial charge in [0, 0.05) is 0 Å². The maximum absolute atomic E-state index is 12.9. The van der Waals surface area contributed by atoms with Crippen LogP contribution in [0, 0.1) is 0 Å². The minimum atomic E-state index is -5.11. The van der Waals surface area contributed by atoms with Crippen molar-refractivity contribution in [2.75, 3.05) is 12.3 Å². The van der Waals surface area contributed by atoms with E-state index in [9.17, 15) is 16.8 Å². The fourth-order valence-electron chi connectivity index (χ4n) is 1.06. The highest BCUT2D eigenvalue weighted by Crippen LogP contribution is 2.80. The number of nitrogens with zero attached hydrogens (tertiary/aromatic N) is 3. The van der Waals surface area contributed by atoms with Crippen molar-refractivity contribution in [3.8, 4) is 0 Å². The fraction of sp³-hybridized carbons (Fsp3) is 1.00. The van der Waals surface area contributed by atoms with Gasteiger partial charge in [-0.15, -0.1) is 21.3 Å². The maximum atomic E-state index is 12.9. The van der Waals surface area contributed by atoms with Gasteiger partial charge >= 0.3 is 15.7 Å². The van der Waals surface area contributed by atoms with Crippen LogP contribution in [0.2, 0.25) is 0 Å². The van der Waals surface area contributed by atoms with Gasteiger partial charge in [0.05, 0.1) is 7.21 Å². The zero-order valence-corrected chi connectivity index (χ0v) is 10.3. The van der Waals surface area contributed by atoms with Crippen LogP contribution in [0.5, 0.6) is 0 Å². The Morgan fingerprint density at radius 1 is 0.786 bits per heavy atom. The van der Waals surface area contributed by atoms with Crippen molar-refractivity contribution < 1.29 is 16.8 Å². The number of rotatable bonds is 2. The summed E-state index contributed by atoms with van der Waals surface area (Å²) in [5.41, 5.74) is 0. The molecule has 0 aliphatic carbocycles. The minimum absolute atomic E-state index is 0.171. The van der Waals surface area contributed by atoms with Crippen molar-refractivity contribution in [2.45, 2.75) is 13.8 Å². The van der Waals surface area contributed by atoms with Crippen molar-refractivity contribution in [2.24, 2.45) is 13.5 Å². The summed E-state index contributed by atoms with van der Waals surface area (Å²) in [5.74, 6) is 0. The molecule has 0 amide bonds. The summed E-state index contributed by atoms with van der Waals surface area (Å²) >= 11 is 0. The molecule has 0 radical (unpaired) electrons. The van der Waals surface area contributed by atoms with Crippen LogP contribution in [0.25, 0.3) is 0 Å². The van der Waals surface area contributed by atoms with E-state index in [4.69, 9.17) is 0 Å². The Morgan fingerprint density at radius 2 is 1.21 bits per heavy atom. The summed E-state index contributed by atoms with van der Waals surface area (Å²) in [5, 5.41) is 0. The van der Waals surface area contributed by atoms with Gasteiger partial charge in [0.2, 0.25) is 0 Å². The largest absolute Gasteiger partial charge is 0.421 e. The smallest absolute Gasteiger partial charge is 0.185 e. The van der Waals surface area contributed by atoms with E-state index < -0.39 is 22.9 Å². The predicted molar refractivity (Wildman–Crippen MR) is 53.6 cm³/mol. The SMILES string of the molecule is CCP1(CC)=NP(F)(F)=NP(F)(F)=N1. The molecule has 0 saturated heterocycles. The lowest BCUT2D eigenvalue weighted by Crippen LogP contribution is -1.87. The van der Waals surface area contributed by atoms with E-state index in [0.29, 0.717) is 0 Å². The van der Waals surface area contributed by atoms with Crippen molar-refractivity contribution in [3.05, 3.63) is 0 Å². The Hall–Kier alpha value is 0.410. The van der Waals surface area contributed by atoms with Gasteiger partial charge in [0.15, 0.2) is 0 Å². The molecule has 0 aromatic heterocycles. The van der Waals surface area contributed by atoms with Crippen LogP contribution in [0.4, 0.5) is 16.8 Å². The molecule has 0 fully saturated rings. The summed E-state index contributed by atoms with van der Waals surface area (Å²) in [4.78, 5) is 0. The highest BCUT2D eigenvalue weighted by atomic mass is 31.3. The first-order valence-electron chi connectivity index (χ1n) is 3.92. The van der Waals surface area contributed by atoms with Crippen LogP contribution in [-0.2, 0) is 0 Å². The molecule has 10 heteroatoms. The van der Waals surface area contributed by atoms with E-state index in [2.05, 4.69) is 13.5 Å². The predicted octanol–water partition coefficient (Wildman–Crippen LogP) is 5.93. The third-order valence-corrected chi connectivity index (χ3v) is 9.91. The van der Waals surface area contributed by atoms with Gasteiger partial charge in [-0.1, -0.05) is 13.8 Å². The second-order valence-corrected chi connectivity index (χ2v) is 9.68. The lowest BCUT2D eigenvalue weighted by Gasteiger charge is -2.21. The summed E-state index contributed by atoms with van der Waals surface area (Å²) in [6, 6.07) is 0. The Morgan fingerprint density at radius 3 is 1.57 bits per heavy atom. The lowest BCUT2D eigenvalue weighted by atomic mass is 11.0. The van der Waals surface area contributed by atoms with Gasteiger partial charge in [-0.05, 0) is 12.3 Å². The van der Waals surface area contributed by atoms with Gasteiger partial charge < -0.3 is 0 Å². The first kappa shape index (κ1) is 12.5. The Balaban J connectivity index is 3.46. The molecule has 1 aliphatic heterocycles. The summed E-state index contributed by atoms with van der Waals surface area (Å²) in [7, 11) is -13.1. The molecule has 0 bridgehead atoms. The Bertz CT molecular complexity index is 375. The molecule has 0 aromatic carbocycles. The number of hydrogen-bond acceptors (Lipinski definition) is 3. The second-order valence-electron chi connectivity index (χ2n) is 2.69. The van der Waals surface area contributed by atoms with E-state index in [1.54, 1.807) is 13.8 Å². The molecule has 3 nitrogen and oxygen atoms in total. The quantitative estimate of drug-likeness (QED) is 0.440. The van der Waals surface area contributed by atoms with E-state index in [-0.39, 0.29) is 12.3 Å². The molecule has 0 aromatic rings. The van der Waals surface area contributed by atoms with Crippen LogP contribution in [0.15, 0.2) is 13.5 Å². The van der Waals surface area contributed by atoms with Crippen LogP contribution >= 0.6 is 22.9 Å². The van der Waals surface area contributed by atoms with Gasteiger partial charge in [0.1, 0.15) is 0 Å². The number of halogens is 4. The molecule has 1 heterocycles. The molecule has 1 rings (SSSR count). The molecule has 0 saturated carbocycles. The van der Waals surface area contributed by atoms with E-state index in [0.717, 1.165) is 0 Å². The average molecular weight is 269 g/mol. The Kier molecular flexibility index (Phi) is 3.36. The van der Waals surface area contributed by atoms with Gasteiger partial charge in [-0.3, -0.25) is 0 Å². The molecule has 14 heavy (non-hydrogen) atoms. The molecule has 0 unspecified atom stereocenters. The minimum Gasteiger partial charge on any atom is -0.185 e. The molecular formula is C4H10F4N3P3.